The van der Waals surface area contributed by atoms with Gasteiger partial charge in [-0.25, -0.2) is 14.6 Å². The Morgan fingerprint density at radius 2 is 1.97 bits per heavy atom. The number of aryl methyl sites for hydroxylation is 3. The third-order valence-corrected chi connectivity index (χ3v) is 6.27. The fourth-order valence-electron chi connectivity index (χ4n) is 3.07. The molecule has 0 spiro atoms. The van der Waals surface area contributed by atoms with E-state index in [1.807, 2.05) is 13.8 Å². The first-order valence-corrected chi connectivity index (χ1v) is 10.3. The Bertz CT molecular complexity index is 1310. The van der Waals surface area contributed by atoms with Gasteiger partial charge < -0.3 is 0 Å². The molecule has 0 aliphatic rings. The number of nitrogens with zero attached hydrogens (tertiary/aromatic N) is 5. The van der Waals surface area contributed by atoms with Crippen molar-refractivity contribution in [3.63, 3.8) is 0 Å². The van der Waals surface area contributed by atoms with Gasteiger partial charge in [-0.15, -0.1) is 11.3 Å². The number of fused-ring (bicyclic) bond motifs is 1. The normalized spacial score (nSPS) is 12.2. The molecule has 1 N–H and O–H groups in total. The van der Waals surface area contributed by atoms with E-state index in [2.05, 4.69) is 25.6 Å². The summed E-state index contributed by atoms with van der Waals surface area (Å²) in [6, 6.07) is 4.81. The number of hydrogen-bond acceptors (Lipinski definition) is 6. The number of aromatic nitrogens is 4. The van der Waals surface area contributed by atoms with Crippen LogP contribution in [0.2, 0.25) is 5.15 Å². The highest BCUT2D eigenvalue weighted by atomic mass is 35.5. The maximum atomic E-state index is 13.0. The van der Waals surface area contributed by atoms with E-state index >= 15 is 0 Å². The topological polar surface area (TPSA) is 68.0 Å². The van der Waals surface area contributed by atoms with Crippen molar-refractivity contribution in [2.75, 3.05) is 5.43 Å². The summed E-state index contributed by atoms with van der Waals surface area (Å²) in [5.41, 5.74) is 4.40. The van der Waals surface area contributed by atoms with Crippen molar-refractivity contribution >= 4 is 45.2 Å². The Balaban J connectivity index is 1.64. The van der Waals surface area contributed by atoms with E-state index in [1.165, 1.54) is 29.4 Å². The molecule has 0 amide bonds. The molecule has 31 heavy (non-hydrogen) atoms. The number of nitrogens with one attached hydrogen (secondary N) is 1. The second-order valence-electron chi connectivity index (χ2n) is 6.81. The SMILES string of the molecule is Cc1nn(-c2cccc(C(F)(F)F)c2)c(Cl)c1/C=N\Nc1ncnc2sc(C)c(C)c12. The van der Waals surface area contributed by atoms with E-state index in [0.29, 0.717) is 17.1 Å². The quantitative estimate of drug-likeness (QED) is 0.300. The van der Waals surface area contributed by atoms with Crippen LogP contribution >= 0.6 is 22.9 Å². The van der Waals surface area contributed by atoms with Gasteiger partial charge in [0.1, 0.15) is 16.3 Å². The van der Waals surface area contributed by atoms with Crippen LogP contribution in [0.3, 0.4) is 0 Å². The third-order valence-electron chi connectivity index (χ3n) is 4.80. The average Bonchev–Trinajstić information content (AvgIpc) is 3.18. The third kappa shape index (κ3) is 4.00. The van der Waals surface area contributed by atoms with E-state index in [4.69, 9.17) is 11.6 Å². The fraction of sp³-hybridized carbons (Fsp3) is 0.200. The largest absolute Gasteiger partial charge is 0.416 e. The van der Waals surface area contributed by atoms with Crippen molar-refractivity contribution in [2.45, 2.75) is 26.9 Å². The van der Waals surface area contributed by atoms with Gasteiger partial charge in [0.15, 0.2) is 5.82 Å². The number of alkyl halides is 3. The lowest BCUT2D eigenvalue weighted by Crippen LogP contribution is -2.06. The zero-order valence-corrected chi connectivity index (χ0v) is 18.2. The summed E-state index contributed by atoms with van der Waals surface area (Å²) < 4.78 is 40.4. The molecular weight excluding hydrogens is 449 g/mol. The molecule has 0 saturated heterocycles. The van der Waals surface area contributed by atoms with Crippen molar-refractivity contribution in [1.82, 2.24) is 19.7 Å². The zero-order valence-electron chi connectivity index (χ0n) is 16.6. The predicted octanol–water partition coefficient (Wildman–Crippen LogP) is 5.92. The van der Waals surface area contributed by atoms with E-state index in [-0.39, 0.29) is 10.8 Å². The number of halogens is 4. The summed E-state index contributed by atoms with van der Waals surface area (Å²) in [5.74, 6) is 0.558. The Morgan fingerprint density at radius 1 is 1.19 bits per heavy atom. The maximum absolute atomic E-state index is 13.0. The van der Waals surface area contributed by atoms with Crippen molar-refractivity contribution in [1.29, 1.82) is 0 Å². The lowest BCUT2D eigenvalue weighted by molar-refractivity contribution is -0.137. The van der Waals surface area contributed by atoms with Gasteiger partial charge in [0.05, 0.1) is 34.1 Å². The van der Waals surface area contributed by atoms with Crippen LogP contribution in [0, 0.1) is 20.8 Å². The van der Waals surface area contributed by atoms with Gasteiger partial charge in [-0.05, 0) is 44.5 Å². The van der Waals surface area contributed by atoms with Crippen LogP contribution in [0.5, 0.6) is 0 Å². The minimum absolute atomic E-state index is 0.151. The van der Waals surface area contributed by atoms with E-state index < -0.39 is 11.7 Å². The summed E-state index contributed by atoms with van der Waals surface area (Å²) in [6.07, 6.45) is -1.53. The summed E-state index contributed by atoms with van der Waals surface area (Å²) in [5, 5.41) is 9.53. The highest BCUT2D eigenvalue weighted by Gasteiger charge is 2.30. The van der Waals surface area contributed by atoms with Gasteiger partial charge in [-0.2, -0.15) is 23.4 Å². The van der Waals surface area contributed by atoms with Crippen molar-refractivity contribution in [3.8, 4) is 5.69 Å². The molecular formula is C20H16ClF3N6S. The molecule has 3 aromatic heterocycles. The van der Waals surface area contributed by atoms with Gasteiger partial charge in [-0.1, -0.05) is 17.7 Å². The molecule has 6 nitrogen and oxygen atoms in total. The first-order chi connectivity index (χ1) is 14.7. The summed E-state index contributed by atoms with van der Waals surface area (Å²) in [7, 11) is 0. The van der Waals surface area contributed by atoms with E-state index in [9.17, 15) is 13.2 Å². The lowest BCUT2D eigenvalue weighted by Gasteiger charge is -2.09. The summed E-state index contributed by atoms with van der Waals surface area (Å²) in [4.78, 5) is 10.5. The lowest BCUT2D eigenvalue weighted by atomic mass is 10.2. The van der Waals surface area contributed by atoms with E-state index in [0.717, 1.165) is 32.8 Å². The molecule has 0 fully saturated rings. The molecule has 0 unspecified atom stereocenters. The van der Waals surface area contributed by atoms with Gasteiger partial charge in [0, 0.05) is 4.88 Å². The molecule has 11 heteroatoms. The molecule has 1 aromatic carbocycles. The first kappa shape index (κ1) is 21.3. The molecule has 4 rings (SSSR count). The van der Waals surface area contributed by atoms with Crippen LogP contribution in [0.4, 0.5) is 19.0 Å². The second kappa shape index (κ2) is 7.93. The number of hydrogen-bond donors (Lipinski definition) is 1. The van der Waals surface area contributed by atoms with Crippen molar-refractivity contribution in [3.05, 3.63) is 63.0 Å². The van der Waals surface area contributed by atoms with Gasteiger partial charge >= 0.3 is 6.18 Å². The molecule has 160 valence electrons. The number of rotatable bonds is 4. The monoisotopic (exact) mass is 464 g/mol. The van der Waals surface area contributed by atoms with Crippen LogP contribution in [0.1, 0.15) is 27.3 Å². The maximum Gasteiger partial charge on any atom is 0.416 e. The van der Waals surface area contributed by atoms with Crippen molar-refractivity contribution < 1.29 is 13.2 Å². The molecule has 3 heterocycles. The highest BCUT2D eigenvalue weighted by Crippen LogP contribution is 2.33. The standard InChI is InChI=1S/C20H16ClF3N6S/c1-10-12(3)31-19-16(10)18(25-9-26-19)28-27-8-15-11(2)29-30(17(15)21)14-6-4-5-13(7-14)20(22,23)24/h4-9H,1-3H3,(H,25,26,28)/b27-8-. The van der Waals surface area contributed by atoms with Crippen LogP contribution in [0.25, 0.3) is 15.9 Å². The minimum atomic E-state index is -4.46. The minimum Gasteiger partial charge on any atom is -0.261 e. The molecule has 0 bridgehead atoms. The smallest absolute Gasteiger partial charge is 0.261 e. The molecule has 0 aliphatic carbocycles. The van der Waals surface area contributed by atoms with Gasteiger partial charge in [0.2, 0.25) is 0 Å². The Labute approximate surface area is 184 Å². The average molecular weight is 465 g/mol. The van der Waals surface area contributed by atoms with Crippen LogP contribution < -0.4 is 5.43 Å². The number of benzene rings is 1. The first-order valence-electron chi connectivity index (χ1n) is 9.09. The summed E-state index contributed by atoms with van der Waals surface area (Å²) in [6.45, 7) is 5.71. The number of anilines is 1. The predicted molar refractivity (Wildman–Crippen MR) is 116 cm³/mol. The molecule has 0 atom stereocenters. The molecule has 0 radical (unpaired) electrons. The highest BCUT2D eigenvalue weighted by molar-refractivity contribution is 7.18. The van der Waals surface area contributed by atoms with Gasteiger partial charge in [0.25, 0.3) is 0 Å². The Kier molecular flexibility index (Phi) is 5.44. The van der Waals surface area contributed by atoms with Crippen molar-refractivity contribution in [2.24, 2.45) is 5.10 Å². The molecule has 0 aliphatic heterocycles. The number of thiophene rings is 1. The molecule has 0 saturated carbocycles. The summed E-state index contributed by atoms with van der Waals surface area (Å²) >= 11 is 7.99. The van der Waals surface area contributed by atoms with Crippen LogP contribution in [-0.2, 0) is 6.18 Å². The number of hydrazone groups is 1. The van der Waals surface area contributed by atoms with Crippen LogP contribution in [0.15, 0.2) is 35.7 Å². The zero-order chi connectivity index (χ0) is 22.3. The Morgan fingerprint density at radius 3 is 2.71 bits per heavy atom. The fourth-order valence-corrected chi connectivity index (χ4v) is 4.39. The van der Waals surface area contributed by atoms with Crippen LogP contribution in [-0.4, -0.2) is 26.0 Å². The Hall–Kier alpha value is -2.98. The van der Waals surface area contributed by atoms with E-state index in [1.54, 1.807) is 18.3 Å². The molecule has 4 aromatic rings. The second-order valence-corrected chi connectivity index (χ2v) is 8.37. The van der Waals surface area contributed by atoms with Gasteiger partial charge in [-0.3, -0.25) is 5.43 Å².